The zero-order chi connectivity index (χ0) is 16.4. The van der Waals surface area contributed by atoms with Gasteiger partial charge in [0.25, 0.3) is 0 Å². The van der Waals surface area contributed by atoms with Crippen LogP contribution in [-0.4, -0.2) is 10.9 Å². The summed E-state index contributed by atoms with van der Waals surface area (Å²) in [5, 5.41) is 4.79. The second-order valence-electron chi connectivity index (χ2n) is 6.18. The Morgan fingerprint density at radius 3 is 2.57 bits per heavy atom. The predicted octanol–water partition coefficient (Wildman–Crippen LogP) is 4.42. The number of aromatic nitrogens is 1. The molecule has 0 atom stereocenters. The van der Waals surface area contributed by atoms with E-state index in [2.05, 4.69) is 10.3 Å². The smallest absolute Gasteiger partial charge is 0.230 e. The van der Waals surface area contributed by atoms with E-state index in [1.807, 2.05) is 68.6 Å². The number of aromatic amines is 1. The molecule has 0 spiro atoms. The van der Waals surface area contributed by atoms with Crippen LogP contribution < -0.4 is 5.32 Å². The van der Waals surface area contributed by atoms with Crippen LogP contribution in [0.25, 0.3) is 10.9 Å². The molecule has 4 heteroatoms. The Balaban J connectivity index is 1.78. The van der Waals surface area contributed by atoms with Gasteiger partial charge >= 0.3 is 0 Å². The third kappa shape index (κ3) is 3.10. The number of H-pyrrole nitrogens is 1. The number of rotatable bonds is 4. The van der Waals surface area contributed by atoms with Gasteiger partial charge < -0.3 is 10.3 Å². The molecule has 0 aliphatic rings. The fraction of sp³-hybridized carbons (Fsp3) is 0.211. The Morgan fingerprint density at radius 1 is 1.13 bits per heavy atom. The molecule has 3 aromatic rings. The molecule has 3 nitrogen and oxygen atoms in total. The maximum Gasteiger partial charge on any atom is 0.230 e. The van der Waals surface area contributed by atoms with E-state index in [1.54, 1.807) is 0 Å². The molecule has 0 saturated carbocycles. The van der Waals surface area contributed by atoms with Gasteiger partial charge in [-0.2, -0.15) is 0 Å². The molecule has 3 rings (SSSR count). The second kappa shape index (κ2) is 6.09. The molecule has 0 fully saturated rings. The van der Waals surface area contributed by atoms with Crippen LogP contribution in [0.1, 0.15) is 25.0 Å². The Morgan fingerprint density at radius 2 is 1.83 bits per heavy atom. The molecule has 0 saturated heterocycles. The van der Waals surface area contributed by atoms with Gasteiger partial charge in [-0.05, 0) is 43.2 Å². The number of benzene rings is 2. The molecule has 2 N–H and O–H groups in total. The zero-order valence-corrected chi connectivity index (χ0v) is 13.9. The van der Waals surface area contributed by atoms with Gasteiger partial charge in [0.2, 0.25) is 5.91 Å². The van der Waals surface area contributed by atoms with Crippen molar-refractivity contribution in [2.24, 2.45) is 0 Å². The standard InChI is InChI=1S/C19H19ClN2O/c1-19(2,16-12-21-17-6-4-3-5-15(16)17)18(23)22-11-13-7-9-14(20)10-8-13/h3-10,12,21H,11H2,1-2H3,(H,22,23). The summed E-state index contributed by atoms with van der Waals surface area (Å²) in [4.78, 5) is 15.9. The molecule has 1 heterocycles. The lowest BCUT2D eigenvalue weighted by Crippen LogP contribution is -2.39. The summed E-state index contributed by atoms with van der Waals surface area (Å²) in [6, 6.07) is 15.5. The lowest BCUT2D eigenvalue weighted by molar-refractivity contribution is -0.125. The van der Waals surface area contributed by atoms with E-state index < -0.39 is 5.41 Å². The number of amides is 1. The second-order valence-corrected chi connectivity index (χ2v) is 6.62. The summed E-state index contributed by atoms with van der Waals surface area (Å²) < 4.78 is 0. The van der Waals surface area contributed by atoms with E-state index in [-0.39, 0.29) is 5.91 Å². The molecule has 0 unspecified atom stereocenters. The van der Waals surface area contributed by atoms with Crippen LogP contribution in [0.4, 0.5) is 0 Å². The number of carbonyl (C=O) groups is 1. The highest BCUT2D eigenvalue weighted by molar-refractivity contribution is 6.30. The first-order valence-corrected chi connectivity index (χ1v) is 7.95. The van der Waals surface area contributed by atoms with Crippen molar-refractivity contribution in [3.8, 4) is 0 Å². The fourth-order valence-corrected chi connectivity index (χ4v) is 2.84. The number of nitrogens with one attached hydrogen (secondary N) is 2. The van der Waals surface area contributed by atoms with E-state index in [0.29, 0.717) is 11.6 Å². The molecule has 1 amide bonds. The van der Waals surface area contributed by atoms with Gasteiger partial charge in [-0.15, -0.1) is 0 Å². The molecular weight excluding hydrogens is 308 g/mol. The first-order valence-electron chi connectivity index (χ1n) is 7.58. The maximum absolute atomic E-state index is 12.7. The molecule has 1 aromatic heterocycles. The van der Waals surface area contributed by atoms with Gasteiger partial charge in [-0.25, -0.2) is 0 Å². The van der Waals surface area contributed by atoms with E-state index in [9.17, 15) is 4.79 Å². The van der Waals surface area contributed by atoms with Gasteiger partial charge in [0.1, 0.15) is 0 Å². The molecule has 118 valence electrons. The lowest BCUT2D eigenvalue weighted by Gasteiger charge is -2.23. The van der Waals surface area contributed by atoms with Crippen molar-refractivity contribution >= 4 is 28.4 Å². The normalized spacial score (nSPS) is 11.6. The molecule has 0 radical (unpaired) electrons. The summed E-state index contributed by atoms with van der Waals surface area (Å²) in [7, 11) is 0. The Labute approximate surface area is 140 Å². The minimum atomic E-state index is -0.619. The highest BCUT2D eigenvalue weighted by Crippen LogP contribution is 2.30. The largest absolute Gasteiger partial charge is 0.361 e. The van der Waals surface area contributed by atoms with Crippen molar-refractivity contribution in [1.82, 2.24) is 10.3 Å². The average Bonchev–Trinajstić information content (AvgIpc) is 2.98. The highest BCUT2D eigenvalue weighted by atomic mass is 35.5. The van der Waals surface area contributed by atoms with E-state index >= 15 is 0 Å². The van der Waals surface area contributed by atoms with Gasteiger partial charge in [0.05, 0.1) is 5.41 Å². The Hall–Kier alpha value is -2.26. The van der Waals surface area contributed by atoms with Crippen molar-refractivity contribution in [1.29, 1.82) is 0 Å². The molecule has 2 aromatic carbocycles. The Bertz CT molecular complexity index is 834. The van der Waals surface area contributed by atoms with Crippen molar-refractivity contribution < 1.29 is 4.79 Å². The van der Waals surface area contributed by atoms with Crippen LogP contribution in [0, 0.1) is 0 Å². The predicted molar refractivity (Wildman–Crippen MR) is 94.6 cm³/mol. The number of para-hydroxylation sites is 1. The minimum Gasteiger partial charge on any atom is -0.361 e. The molecular formula is C19H19ClN2O. The quantitative estimate of drug-likeness (QED) is 0.732. The molecule has 0 aliphatic carbocycles. The van der Waals surface area contributed by atoms with Gasteiger partial charge in [0, 0.05) is 28.7 Å². The first-order chi connectivity index (χ1) is 11.0. The van der Waals surface area contributed by atoms with Crippen LogP contribution >= 0.6 is 11.6 Å². The monoisotopic (exact) mass is 326 g/mol. The number of halogens is 1. The third-order valence-electron chi connectivity index (χ3n) is 4.20. The maximum atomic E-state index is 12.7. The SMILES string of the molecule is CC(C)(C(=O)NCc1ccc(Cl)cc1)c1c[nH]c2ccccc12. The number of fused-ring (bicyclic) bond motifs is 1. The van der Waals surface area contributed by atoms with Crippen LogP contribution in [0.15, 0.2) is 54.7 Å². The highest BCUT2D eigenvalue weighted by Gasteiger charge is 2.31. The number of hydrogen-bond donors (Lipinski definition) is 2. The number of hydrogen-bond acceptors (Lipinski definition) is 1. The lowest BCUT2D eigenvalue weighted by atomic mass is 9.83. The van der Waals surface area contributed by atoms with Crippen LogP contribution in [0.2, 0.25) is 5.02 Å². The average molecular weight is 327 g/mol. The van der Waals surface area contributed by atoms with Crippen molar-refractivity contribution in [2.75, 3.05) is 0 Å². The van der Waals surface area contributed by atoms with Crippen LogP contribution in [-0.2, 0) is 16.8 Å². The van der Waals surface area contributed by atoms with E-state index in [4.69, 9.17) is 11.6 Å². The molecule has 0 aliphatic heterocycles. The summed E-state index contributed by atoms with van der Waals surface area (Å²) in [6.07, 6.45) is 1.92. The van der Waals surface area contributed by atoms with Crippen LogP contribution in [0.3, 0.4) is 0 Å². The summed E-state index contributed by atoms with van der Waals surface area (Å²) >= 11 is 5.88. The Kier molecular flexibility index (Phi) is 4.14. The summed E-state index contributed by atoms with van der Waals surface area (Å²) in [5.74, 6) is -0.00259. The summed E-state index contributed by atoms with van der Waals surface area (Å²) in [6.45, 7) is 4.38. The van der Waals surface area contributed by atoms with Gasteiger partial charge in [-0.3, -0.25) is 4.79 Å². The first kappa shape index (κ1) is 15.6. The van der Waals surface area contributed by atoms with Gasteiger partial charge in [0.15, 0.2) is 0 Å². The summed E-state index contributed by atoms with van der Waals surface area (Å²) in [5.41, 5.74) is 2.45. The molecule has 0 bridgehead atoms. The minimum absolute atomic E-state index is 0.00259. The van der Waals surface area contributed by atoms with Crippen molar-refractivity contribution in [3.63, 3.8) is 0 Å². The molecule has 23 heavy (non-hydrogen) atoms. The van der Waals surface area contributed by atoms with Crippen molar-refractivity contribution in [3.05, 3.63) is 70.9 Å². The number of carbonyl (C=O) groups excluding carboxylic acids is 1. The van der Waals surface area contributed by atoms with Crippen LogP contribution in [0.5, 0.6) is 0 Å². The zero-order valence-electron chi connectivity index (χ0n) is 13.2. The third-order valence-corrected chi connectivity index (χ3v) is 4.45. The topological polar surface area (TPSA) is 44.9 Å². The fourth-order valence-electron chi connectivity index (χ4n) is 2.72. The van der Waals surface area contributed by atoms with E-state index in [1.165, 1.54) is 0 Å². The van der Waals surface area contributed by atoms with Gasteiger partial charge in [-0.1, -0.05) is 41.9 Å². The van der Waals surface area contributed by atoms with Crippen molar-refractivity contribution in [2.45, 2.75) is 25.8 Å². The van der Waals surface area contributed by atoms with E-state index in [0.717, 1.165) is 22.0 Å².